The molecule has 0 radical (unpaired) electrons. The lowest BCUT2D eigenvalue weighted by Crippen LogP contribution is -2.37. The van der Waals surface area contributed by atoms with E-state index in [-0.39, 0.29) is 11.2 Å². The summed E-state index contributed by atoms with van der Waals surface area (Å²) in [5.74, 6) is 1.78. The van der Waals surface area contributed by atoms with Crippen molar-refractivity contribution in [3.63, 3.8) is 0 Å². The summed E-state index contributed by atoms with van der Waals surface area (Å²) in [4.78, 5) is 19.2. The van der Waals surface area contributed by atoms with E-state index in [0.717, 1.165) is 36.9 Å². The molecule has 3 rings (SSSR count). The number of carbonyl (C=O) groups is 1. The van der Waals surface area contributed by atoms with E-state index in [1.807, 2.05) is 11.8 Å². The SMILES string of the molecule is CC(Sc1n[nH]c(C2CCCC2)n1)C(=O)N1CCCCCC1. The minimum absolute atomic E-state index is 0.106. The Bertz CT molecular complexity index is 490. The van der Waals surface area contributed by atoms with Crippen molar-refractivity contribution >= 4 is 17.7 Å². The fourth-order valence-corrected chi connectivity index (χ4v) is 4.26. The van der Waals surface area contributed by atoms with Gasteiger partial charge in [-0.1, -0.05) is 37.4 Å². The third-order valence-corrected chi connectivity index (χ3v) is 5.72. The number of aromatic amines is 1. The van der Waals surface area contributed by atoms with Gasteiger partial charge >= 0.3 is 0 Å². The molecule has 2 fully saturated rings. The summed E-state index contributed by atoms with van der Waals surface area (Å²) in [7, 11) is 0. The fraction of sp³-hybridized carbons (Fsp3) is 0.812. The van der Waals surface area contributed by atoms with Crippen LogP contribution in [0.2, 0.25) is 0 Å². The van der Waals surface area contributed by atoms with Crippen molar-refractivity contribution in [1.29, 1.82) is 0 Å². The predicted octanol–water partition coefficient (Wildman–Crippen LogP) is 3.35. The molecule has 5 nitrogen and oxygen atoms in total. The molecule has 6 heteroatoms. The van der Waals surface area contributed by atoms with Gasteiger partial charge in [0.05, 0.1) is 5.25 Å². The molecule has 22 heavy (non-hydrogen) atoms. The van der Waals surface area contributed by atoms with Gasteiger partial charge in [-0.3, -0.25) is 9.89 Å². The number of carbonyl (C=O) groups excluding carboxylic acids is 1. The molecule has 1 saturated heterocycles. The van der Waals surface area contributed by atoms with Crippen molar-refractivity contribution in [3.8, 4) is 0 Å². The van der Waals surface area contributed by atoms with E-state index in [1.54, 1.807) is 0 Å². The molecule has 1 saturated carbocycles. The highest BCUT2D eigenvalue weighted by Crippen LogP contribution is 2.33. The van der Waals surface area contributed by atoms with Crippen LogP contribution < -0.4 is 0 Å². The molecule has 1 N–H and O–H groups in total. The zero-order valence-electron chi connectivity index (χ0n) is 13.4. The fourth-order valence-electron chi connectivity index (χ4n) is 3.45. The zero-order valence-corrected chi connectivity index (χ0v) is 14.2. The minimum atomic E-state index is -0.106. The maximum Gasteiger partial charge on any atom is 0.235 e. The number of thioether (sulfide) groups is 1. The highest BCUT2D eigenvalue weighted by molar-refractivity contribution is 8.00. The Morgan fingerprint density at radius 2 is 1.86 bits per heavy atom. The quantitative estimate of drug-likeness (QED) is 0.864. The van der Waals surface area contributed by atoms with Crippen molar-refractivity contribution in [1.82, 2.24) is 20.1 Å². The summed E-state index contributed by atoms with van der Waals surface area (Å²) in [5.41, 5.74) is 0. The largest absolute Gasteiger partial charge is 0.342 e. The summed E-state index contributed by atoms with van der Waals surface area (Å²) in [6.45, 7) is 3.79. The lowest BCUT2D eigenvalue weighted by Gasteiger charge is -2.23. The van der Waals surface area contributed by atoms with Crippen LogP contribution >= 0.6 is 11.8 Å². The molecular formula is C16H26N4OS. The minimum Gasteiger partial charge on any atom is -0.342 e. The molecule has 1 atom stereocenters. The van der Waals surface area contributed by atoms with Gasteiger partial charge in [0.1, 0.15) is 5.82 Å². The van der Waals surface area contributed by atoms with Gasteiger partial charge in [-0.2, -0.15) is 0 Å². The molecule has 0 spiro atoms. The van der Waals surface area contributed by atoms with Crippen molar-refractivity contribution in [3.05, 3.63) is 5.82 Å². The molecular weight excluding hydrogens is 296 g/mol. The number of hydrogen-bond donors (Lipinski definition) is 1. The Labute approximate surface area is 136 Å². The summed E-state index contributed by atoms with van der Waals surface area (Å²) in [5, 5.41) is 7.99. The molecule has 1 unspecified atom stereocenters. The first-order chi connectivity index (χ1) is 10.7. The molecule has 0 aromatic carbocycles. The second-order valence-corrected chi connectivity index (χ2v) is 7.79. The Morgan fingerprint density at radius 3 is 2.55 bits per heavy atom. The number of amides is 1. The Balaban J connectivity index is 1.56. The van der Waals surface area contributed by atoms with Crippen LogP contribution in [0, 0.1) is 0 Å². The second-order valence-electron chi connectivity index (χ2n) is 6.48. The first kappa shape index (κ1) is 15.8. The van der Waals surface area contributed by atoms with Crippen molar-refractivity contribution in [2.45, 2.75) is 74.6 Å². The molecule has 1 aliphatic heterocycles. The van der Waals surface area contributed by atoms with Gasteiger partial charge in [-0.05, 0) is 32.6 Å². The highest BCUT2D eigenvalue weighted by Gasteiger charge is 2.25. The number of likely N-dealkylation sites (tertiary alicyclic amines) is 1. The van der Waals surface area contributed by atoms with E-state index in [9.17, 15) is 4.79 Å². The van der Waals surface area contributed by atoms with Crippen LogP contribution in [0.25, 0.3) is 0 Å². The third-order valence-electron chi connectivity index (χ3n) is 4.77. The van der Waals surface area contributed by atoms with Gasteiger partial charge in [0.25, 0.3) is 0 Å². The van der Waals surface area contributed by atoms with Crippen LogP contribution in [0.4, 0.5) is 0 Å². The van der Waals surface area contributed by atoms with Crippen LogP contribution in [-0.4, -0.2) is 44.3 Å². The average molecular weight is 322 g/mol. The van der Waals surface area contributed by atoms with Crippen LogP contribution in [0.1, 0.15) is 70.0 Å². The summed E-state index contributed by atoms with van der Waals surface area (Å²) in [6, 6.07) is 0. The standard InChI is InChI=1S/C16H26N4OS/c1-12(15(21)20-10-6-2-3-7-11-20)22-16-17-14(18-19-16)13-8-4-5-9-13/h12-13H,2-11H2,1H3,(H,17,18,19). The van der Waals surface area contributed by atoms with Crippen molar-refractivity contribution in [2.24, 2.45) is 0 Å². The Kier molecular flexibility index (Phi) is 5.39. The average Bonchev–Trinajstić information content (AvgIpc) is 3.13. The second kappa shape index (κ2) is 7.49. The first-order valence-electron chi connectivity index (χ1n) is 8.62. The van der Waals surface area contributed by atoms with E-state index < -0.39 is 0 Å². The number of rotatable bonds is 4. The zero-order chi connectivity index (χ0) is 15.4. The van der Waals surface area contributed by atoms with Gasteiger partial charge < -0.3 is 4.90 Å². The van der Waals surface area contributed by atoms with Gasteiger partial charge in [0, 0.05) is 19.0 Å². The number of nitrogens with one attached hydrogen (secondary N) is 1. The predicted molar refractivity (Wildman–Crippen MR) is 88.0 cm³/mol. The molecule has 1 aliphatic carbocycles. The lowest BCUT2D eigenvalue weighted by atomic mass is 10.1. The summed E-state index contributed by atoms with van der Waals surface area (Å²) >= 11 is 1.49. The van der Waals surface area contributed by atoms with Gasteiger partial charge in [0.15, 0.2) is 0 Å². The maximum absolute atomic E-state index is 12.6. The van der Waals surface area contributed by atoms with Gasteiger partial charge in [0.2, 0.25) is 11.1 Å². The van der Waals surface area contributed by atoms with E-state index in [0.29, 0.717) is 5.92 Å². The number of hydrogen-bond acceptors (Lipinski definition) is 4. The van der Waals surface area contributed by atoms with Gasteiger partial charge in [-0.15, -0.1) is 5.10 Å². The van der Waals surface area contributed by atoms with Crippen molar-refractivity contribution in [2.75, 3.05) is 13.1 Å². The Morgan fingerprint density at radius 1 is 1.18 bits per heavy atom. The molecule has 2 aliphatic rings. The van der Waals surface area contributed by atoms with E-state index in [2.05, 4.69) is 15.2 Å². The topological polar surface area (TPSA) is 61.9 Å². The Hall–Kier alpha value is -1.04. The van der Waals surface area contributed by atoms with Crippen LogP contribution in [0.15, 0.2) is 5.16 Å². The smallest absolute Gasteiger partial charge is 0.235 e. The lowest BCUT2D eigenvalue weighted by molar-refractivity contribution is -0.130. The molecule has 2 heterocycles. The van der Waals surface area contributed by atoms with Crippen LogP contribution in [0.3, 0.4) is 0 Å². The normalized spacial score (nSPS) is 21.8. The summed E-state index contributed by atoms with van der Waals surface area (Å²) in [6.07, 6.45) is 9.76. The molecule has 1 aromatic heterocycles. The van der Waals surface area contributed by atoms with Crippen LogP contribution in [0.5, 0.6) is 0 Å². The van der Waals surface area contributed by atoms with Crippen LogP contribution in [-0.2, 0) is 4.79 Å². The van der Waals surface area contributed by atoms with Crippen molar-refractivity contribution < 1.29 is 4.79 Å². The van der Waals surface area contributed by atoms with Gasteiger partial charge in [-0.25, -0.2) is 4.98 Å². The molecule has 122 valence electrons. The number of H-pyrrole nitrogens is 1. The maximum atomic E-state index is 12.6. The highest BCUT2D eigenvalue weighted by atomic mass is 32.2. The van der Waals surface area contributed by atoms with E-state index >= 15 is 0 Å². The molecule has 1 amide bonds. The third kappa shape index (κ3) is 3.83. The van der Waals surface area contributed by atoms with E-state index in [4.69, 9.17) is 0 Å². The summed E-state index contributed by atoms with van der Waals surface area (Å²) < 4.78 is 0. The number of aromatic nitrogens is 3. The first-order valence-corrected chi connectivity index (χ1v) is 9.50. The molecule has 1 aromatic rings. The van der Waals surface area contributed by atoms with E-state index in [1.165, 1.54) is 50.3 Å². The monoisotopic (exact) mass is 322 g/mol. The number of nitrogens with zero attached hydrogens (tertiary/aromatic N) is 3. The molecule has 0 bridgehead atoms.